The summed E-state index contributed by atoms with van der Waals surface area (Å²) in [7, 11) is 0. The number of halogens is 3. The van der Waals surface area contributed by atoms with E-state index in [9.17, 15) is 18.0 Å². The Morgan fingerprint density at radius 1 is 0.971 bits per heavy atom. The highest BCUT2D eigenvalue weighted by Crippen LogP contribution is 2.36. The number of aromatic nitrogens is 3. The quantitative estimate of drug-likeness (QED) is 0.437. The van der Waals surface area contributed by atoms with Crippen LogP contribution in [-0.2, 0) is 6.18 Å². The van der Waals surface area contributed by atoms with Crippen molar-refractivity contribution >= 4 is 22.6 Å². The third-order valence-electron chi connectivity index (χ3n) is 5.81. The predicted molar refractivity (Wildman–Crippen MR) is 119 cm³/mol. The van der Waals surface area contributed by atoms with Gasteiger partial charge < -0.3 is 14.3 Å². The van der Waals surface area contributed by atoms with Gasteiger partial charge in [0.15, 0.2) is 0 Å². The number of benzene rings is 1. The second-order valence-corrected chi connectivity index (χ2v) is 7.96. The smallest absolute Gasteiger partial charge is 0.354 e. The van der Waals surface area contributed by atoms with E-state index in [1.807, 2.05) is 35.2 Å². The molecule has 174 valence electrons. The summed E-state index contributed by atoms with van der Waals surface area (Å²) in [5, 5.41) is 4.12. The lowest BCUT2D eigenvalue weighted by molar-refractivity contribution is -0.140. The number of alkyl halides is 3. The Bertz CT molecular complexity index is 1310. The molecule has 10 heteroatoms. The van der Waals surface area contributed by atoms with Crippen LogP contribution in [0.4, 0.5) is 19.0 Å². The first kappa shape index (κ1) is 21.9. The topological polar surface area (TPSA) is 75.4 Å². The molecule has 1 saturated heterocycles. The van der Waals surface area contributed by atoms with Gasteiger partial charge in [0.2, 0.25) is 5.76 Å². The lowest BCUT2D eigenvalue weighted by Gasteiger charge is -2.24. The SMILES string of the molecule is O=C(c1ccno1)N1CCCN(c2ncc(-c3ccccc3)c3nc(C(F)(F)F)ccc23)CC1. The zero-order chi connectivity index (χ0) is 23.7. The first-order valence-corrected chi connectivity index (χ1v) is 10.8. The molecule has 0 bridgehead atoms. The van der Waals surface area contributed by atoms with E-state index in [2.05, 4.69) is 15.1 Å². The molecule has 1 aliphatic rings. The third kappa shape index (κ3) is 4.18. The first-order valence-electron chi connectivity index (χ1n) is 10.8. The molecule has 1 aromatic carbocycles. The molecule has 0 spiro atoms. The molecule has 1 amide bonds. The number of carbonyl (C=O) groups excluding carboxylic acids is 1. The van der Waals surface area contributed by atoms with Crippen molar-refractivity contribution in [2.24, 2.45) is 0 Å². The van der Waals surface area contributed by atoms with Crippen LogP contribution in [0.2, 0.25) is 0 Å². The van der Waals surface area contributed by atoms with E-state index in [1.54, 1.807) is 11.1 Å². The monoisotopic (exact) mass is 467 g/mol. The van der Waals surface area contributed by atoms with Gasteiger partial charge in [-0.25, -0.2) is 9.97 Å². The number of carbonyl (C=O) groups is 1. The summed E-state index contributed by atoms with van der Waals surface area (Å²) in [6.07, 6.45) is -0.903. The Kier molecular flexibility index (Phi) is 5.64. The molecule has 0 atom stereocenters. The Balaban J connectivity index is 1.52. The molecule has 0 N–H and O–H groups in total. The van der Waals surface area contributed by atoms with Crippen molar-refractivity contribution in [2.45, 2.75) is 12.6 Å². The van der Waals surface area contributed by atoms with E-state index in [0.29, 0.717) is 49.4 Å². The van der Waals surface area contributed by atoms with Crippen molar-refractivity contribution in [3.05, 3.63) is 72.4 Å². The van der Waals surface area contributed by atoms with Crippen LogP contribution in [0, 0.1) is 0 Å². The van der Waals surface area contributed by atoms with Gasteiger partial charge in [0, 0.05) is 49.4 Å². The molecule has 5 rings (SSSR count). The van der Waals surface area contributed by atoms with E-state index in [0.717, 1.165) is 11.6 Å². The summed E-state index contributed by atoms with van der Waals surface area (Å²) in [5.74, 6) is 0.478. The van der Waals surface area contributed by atoms with Gasteiger partial charge in [0.25, 0.3) is 5.91 Å². The van der Waals surface area contributed by atoms with Crippen LogP contribution in [0.15, 0.2) is 65.4 Å². The fourth-order valence-corrected chi connectivity index (χ4v) is 4.15. The maximum absolute atomic E-state index is 13.5. The molecule has 1 aliphatic heterocycles. The maximum atomic E-state index is 13.5. The highest BCUT2D eigenvalue weighted by Gasteiger charge is 2.33. The molecule has 4 aromatic rings. The molecule has 34 heavy (non-hydrogen) atoms. The van der Waals surface area contributed by atoms with Crippen LogP contribution in [0.1, 0.15) is 22.7 Å². The molecular weight excluding hydrogens is 447 g/mol. The third-order valence-corrected chi connectivity index (χ3v) is 5.81. The highest BCUT2D eigenvalue weighted by atomic mass is 19.4. The van der Waals surface area contributed by atoms with Crippen molar-refractivity contribution in [2.75, 3.05) is 31.1 Å². The Labute approximate surface area is 192 Å². The van der Waals surface area contributed by atoms with Gasteiger partial charge in [-0.3, -0.25) is 4.79 Å². The van der Waals surface area contributed by atoms with Gasteiger partial charge in [-0.15, -0.1) is 0 Å². The largest absolute Gasteiger partial charge is 0.433 e. The minimum absolute atomic E-state index is 0.174. The van der Waals surface area contributed by atoms with Crippen molar-refractivity contribution in [3.8, 4) is 11.1 Å². The molecule has 4 heterocycles. The van der Waals surface area contributed by atoms with E-state index in [1.165, 1.54) is 18.3 Å². The van der Waals surface area contributed by atoms with Crippen LogP contribution in [-0.4, -0.2) is 52.1 Å². The highest BCUT2D eigenvalue weighted by molar-refractivity contribution is 5.99. The normalized spacial score (nSPS) is 14.9. The summed E-state index contributed by atoms with van der Waals surface area (Å²) >= 11 is 0. The number of rotatable bonds is 3. The Morgan fingerprint density at radius 3 is 2.53 bits per heavy atom. The molecule has 1 fully saturated rings. The van der Waals surface area contributed by atoms with Crippen molar-refractivity contribution in [3.63, 3.8) is 0 Å². The fourth-order valence-electron chi connectivity index (χ4n) is 4.15. The second kappa shape index (κ2) is 8.77. The number of hydrogen-bond donors (Lipinski definition) is 0. The average Bonchev–Trinajstić information content (AvgIpc) is 3.27. The fraction of sp³-hybridized carbons (Fsp3) is 0.250. The number of nitrogens with zero attached hydrogens (tertiary/aromatic N) is 5. The van der Waals surface area contributed by atoms with Gasteiger partial charge in [-0.05, 0) is 24.1 Å². The number of amides is 1. The van der Waals surface area contributed by atoms with E-state index >= 15 is 0 Å². The Morgan fingerprint density at radius 2 is 1.79 bits per heavy atom. The van der Waals surface area contributed by atoms with Crippen molar-refractivity contribution in [1.29, 1.82) is 0 Å². The van der Waals surface area contributed by atoms with E-state index < -0.39 is 11.9 Å². The molecule has 0 saturated carbocycles. The zero-order valence-corrected chi connectivity index (χ0v) is 18.0. The van der Waals surface area contributed by atoms with Crippen molar-refractivity contribution in [1.82, 2.24) is 20.0 Å². The molecule has 7 nitrogen and oxygen atoms in total. The molecule has 0 radical (unpaired) electrons. The van der Waals surface area contributed by atoms with Crippen molar-refractivity contribution < 1.29 is 22.5 Å². The molecule has 0 unspecified atom stereocenters. The molecule has 0 aliphatic carbocycles. The molecule has 3 aromatic heterocycles. The number of hydrogen-bond acceptors (Lipinski definition) is 6. The van der Waals surface area contributed by atoms with Gasteiger partial charge in [-0.1, -0.05) is 35.5 Å². The van der Waals surface area contributed by atoms with Crippen LogP contribution >= 0.6 is 0 Å². The summed E-state index contributed by atoms with van der Waals surface area (Å²) < 4.78 is 45.4. The number of pyridine rings is 2. The van der Waals surface area contributed by atoms with Crippen LogP contribution in [0.3, 0.4) is 0 Å². The average molecular weight is 467 g/mol. The van der Waals surface area contributed by atoms with E-state index in [4.69, 9.17) is 4.52 Å². The minimum Gasteiger partial charge on any atom is -0.354 e. The zero-order valence-electron chi connectivity index (χ0n) is 18.0. The van der Waals surface area contributed by atoms with Crippen LogP contribution in [0.5, 0.6) is 0 Å². The summed E-state index contributed by atoms with van der Waals surface area (Å²) in [6.45, 7) is 1.99. The lowest BCUT2D eigenvalue weighted by atomic mass is 10.0. The van der Waals surface area contributed by atoms with Crippen LogP contribution < -0.4 is 4.90 Å². The summed E-state index contributed by atoms with van der Waals surface area (Å²) in [4.78, 5) is 24.9. The maximum Gasteiger partial charge on any atom is 0.433 e. The number of anilines is 1. The predicted octanol–water partition coefficient (Wildman–Crippen LogP) is 4.66. The first-order chi connectivity index (χ1) is 16.4. The van der Waals surface area contributed by atoms with E-state index in [-0.39, 0.29) is 17.2 Å². The number of fused-ring (bicyclic) bond motifs is 1. The standard InChI is InChI=1S/C24H20F3N5O2/c25-24(26,27)20-8-7-17-21(30-20)18(16-5-2-1-3-6-16)15-28-22(17)31-11-4-12-32(14-13-31)23(33)19-9-10-29-34-19/h1-3,5-10,15H,4,11-14H2. The van der Waals surface area contributed by atoms with Gasteiger partial charge >= 0.3 is 6.18 Å². The van der Waals surface area contributed by atoms with Crippen LogP contribution in [0.25, 0.3) is 22.0 Å². The minimum atomic E-state index is -4.56. The van der Waals surface area contributed by atoms with Gasteiger partial charge in [0.05, 0.1) is 11.7 Å². The molecular formula is C24H20F3N5O2. The lowest BCUT2D eigenvalue weighted by Crippen LogP contribution is -2.35. The second-order valence-electron chi connectivity index (χ2n) is 7.96. The van der Waals surface area contributed by atoms with Gasteiger partial charge in [-0.2, -0.15) is 13.2 Å². The summed E-state index contributed by atoms with van der Waals surface area (Å²) in [6, 6.07) is 13.0. The Hall–Kier alpha value is -3.95. The summed E-state index contributed by atoms with van der Waals surface area (Å²) in [5.41, 5.74) is 0.555. The van der Waals surface area contributed by atoms with Gasteiger partial charge in [0.1, 0.15) is 11.5 Å².